The number of carbonyl (C=O) groups excluding carboxylic acids is 1. The van der Waals surface area contributed by atoms with E-state index in [-0.39, 0.29) is 23.3 Å². The lowest BCUT2D eigenvalue weighted by Crippen LogP contribution is -2.49. The summed E-state index contributed by atoms with van der Waals surface area (Å²) in [6.45, 7) is 1.89. The summed E-state index contributed by atoms with van der Waals surface area (Å²) >= 11 is 1.66. The van der Waals surface area contributed by atoms with Gasteiger partial charge in [0.2, 0.25) is 0 Å². The minimum atomic E-state index is -0.0829. The summed E-state index contributed by atoms with van der Waals surface area (Å²) in [4.78, 5) is 37.4. The second kappa shape index (κ2) is 7.13. The van der Waals surface area contributed by atoms with Crippen LogP contribution in [-0.4, -0.2) is 38.4 Å². The van der Waals surface area contributed by atoms with Gasteiger partial charge in [-0.25, -0.2) is 4.98 Å². The summed E-state index contributed by atoms with van der Waals surface area (Å²) in [7, 11) is 0. The van der Waals surface area contributed by atoms with Crippen LogP contribution in [0.3, 0.4) is 0 Å². The lowest BCUT2D eigenvalue weighted by Gasteiger charge is -2.42. The van der Waals surface area contributed by atoms with Gasteiger partial charge in [0.1, 0.15) is 5.69 Å². The number of thiophene rings is 1. The molecule has 6 nitrogen and oxygen atoms in total. The minimum absolute atomic E-state index is 0.0764. The highest BCUT2D eigenvalue weighted by molar-refractivity contribution is 7.22. The summed E-state index contributed by atoms with van der Waals surface area (Å²) < 4.78 is 3.14. The van der Waals surface area contributed by atoms with Crippen LogP contribution in [0.15, 0.2) is 65.8 Å². The average Bonchev–Trinajstić information content (AvgIpc) is 3.24. The number of hydrogen-bond acceptors (Lipinski definition) is 5. The second-order valence-corrected chi connectivity index (χ2v) is 9.42. The average molecular weight is 429 g/mol. The molecule has 0 radical (unpaired) electrons. The Morgan fingerprint density at radius 1 is 1.06 bits per heavy atom. The zero-order valence-electron chi connectivity index (χ0n) is 16.8. The highest BCUT2D eigenvalue weighted by Gasteiger charge is 2.37. The van der Waals surface area contributed by atoms with Crippen LogP contribution in [0.25, 0.3) is 20.5 Å². The van der Waals surface area contributed by atoms with Crippen molar-refractivity contribution in [3.8, 4) is 10.4 Å². The van der Waals surface area contributed by atoms with Crippen molar-refractivity contribution in [3.63, 3.8) is 0 Å². The molecule has 2 aliphatic heterocycles. The first-order valence-electron chi connectivity index (χ1n) is 10.5. The summed E-state index contributed by atoms with van der Waals surface area (Å²) in [5.41, 5.74) is 2.24. The molecule has 3 aromatic heterocycles. The van der Waals surface area contributed by atoms with Crippen LogP contribution in [0.2, 0.25) is 0 Å². The Kier molecular flexibility index (Phi) is 4.24. The van der Waals surface area contributed by atoms with Crippen LogP contribution in [0.1, 0.15) is 28.5 Å². The molecule has 1 amide bonds. The standard InChI is InChI=1S/C24H20N4O2S/c29-23-18(22-10-16-3-1-2-4-21(16)31-22)5-6-20-17-9-15(13-28(20)23)12-27(14-17)24(30)19-11-25-7-8-26-19/h1-8,10-11,15,17H,9,12-14H2/t15-,17-/m1/s1. The Labute approximate surface area is 182 Å². The van der Waals surface area contributed by atoms with Gasteiger partial charge in [0.05, 0.1) is 11.8 Å². The summed E-state index contributed by atoms with van der Waals surface area (Å²) in [6.07, 6.45) is 5.63. The van der Waals surface area contributed by atoms with Gasteiger partial charge in [-0.1, -0.05) is 18.2 Å². The minimum Gasteiger partial charge on any atom is -0.336 e. The van der Waals surface area contributed by atoms with E-state index in [4.69, 9.17) is 0 Å². The quantitative estimate of drug-likeness (QED) is 0.487. The third-order valence-electron chi connectivity index (χ3n) is 6.36. The van der Waals surface area contributed by atoms with E-state index < -0.39 is 0 Å². The molecule has 6 rings (SSSR count). The molecule has 2 atom stereocenters. The normalized spacial score (nSPS) is 19.9. The van der Waals surface area contributed by atoms with Crippen molar-refractivity contribution in [2.75, 3.05) is 13.1 Å². The van der Waals surface area contributed by atoms with E-state index in [1.54, 1.807) is 23.7 Å². The first kappa shape index (κ1) is 18.4. The Hall–Kier alpha value is -3.32. The number of piperidine rings is 1. The Morgan fingerprint density at radius 2 is 1.97 bits per heavy atom. The first-order chi connectivity index (χ1) is 15.2. The van der Waals surface area contributed by atoms with Crippen LogP contribution in [-0.2, 0) is 6.54 Å². The number of aromatic nitrogens is 3. The van der Waals surface area contributed by atoms with Gasteiger partial charge in [0.15, 0.2) is 0 Å². The highest BCUT2D eigenvalue weighted by Crippen LogP contribution is 2.37. The number of likely N-dealkylation sites (tertiary alicyclic amines) is 1. The number of amides is 1. The monoisotopic (exact) mass is 428 g/mol. The number of nitrogens with zero attached hydrogens (tertiary/aromatic N) is 4. The van der Waals surface area contributed by atoms with E-state index >= 15 is 0 Å². The number of pyridine rings is 1. The lowest BCUT2D eigenvalue weighted by molar-refractivity contribution is 0.0588. The van der Waals surface area contributed by atoms with Crippen molar-refractivity contribution in [2.45, 2.75) is 18.9 Å². The third kappa shape index (κ3) is 3.08. The second-order valence-electron chi connectivity index (χ2n) is 8.34. The van der Waals surface area contributed by atoms with Gasteiger partial charge in [-0.2, -0.15) is 0 Å². The summed E-state index contributed by atoms with van der Waals surface area (Å²) in [5, 5.41) is 1.17. The largest absolute Gasteiger partial charge is 0.336 e. The zero-order chi connectivity index (χ0) is 20.9. The molecule has 1 fully saturated rings. The topological polar surface area (TPSA) is 68.1 Å². The van der Waals surface area contributed by atoms with Crippen LogP contribution in [0.4, 0.5) is 0 Å². The molecule has 0 spiro atoms. The van der Waals surface area contributed by atoms with E-state index in [9.17, 15) is 9.59 Å². The number of hydrogen-bond donors (Lipinski definition) is 0. The molecule has 31 heavy (non-hydrogen) atoms. The van der Waals surface area contributed by atoms with E-state index in [1.165, 1.54) is 16.3 Å². The Bertz CT molecular complexity index is 1330. The predicted octanol–water partition coefficient (Wildman–Crippen LogP) is 3.78. The van der Waals surface area contributed by atoms with E-state index in [1.807, 2.05) is 27.7 Å². The molecular formula is C24H20N4O2S. The molecule has 0 aliphatic carbocycles. The van der Waals surface area contributed by atoms with Crippen molar-refractivity contribution in [1.29, 1.82) is 0 Å². The van der Waals surface area contributed by atoms with Crippen molar-refractivity contribution >= 4 is 27.3 Å². The first-order valence-corrected chi connectivity index (χ1v) is 11.3. The maximum absolute atomic E-state index is 13.4. The SMILES string of the molecule is O=C(c1cnccn1)N1C[C@H]2C[C@H](C1)c1ccc(-c3cc4ccccc4s3)c(=O)n1C2. The Balaban J connectivity index is 1.34. The molecule has 1 saturated heterocycles. The molecule has 4 aromatic rings. The summed E-state index contributed by atoms with van der Waals surface area (Å²) in [6, 6.07) is 14.4. The molecule has 5 heterocycles. The summed E-state index contributed by atoms with van der Waals surface area (Å²) in [5.74, 6) is 0.347. The van der Waals surface area contributed by atoms with Gasteiger partial charge in [0.25, 0.3) is 11.5 Å². The van der Waals surface area contributed by atoms with Gasteiger partial charge in [-0.3, -0.25) is 14.6 Å². The van der Waals surface area contributed by atoms with Crippen LogP contribution >= 0.6 is 11.3 Å². The van der Waals surface area contributed by atoms with Gasteiger partial charge >= 0.3 is 0 Å². The van der Waals surface area contributed by atoms with E-state index in [2.05, 4.69) is 34.2 Å². The Morgan fingerprint density at radius 3 is 2.81 bits per heavy atom. The van der Waals surface area contributed by atoms with Crippen LogP contribution in [0.5, 0.6) is 0 Å². The molecule has 154 valence electrons. The lowest BCUT2D eigenvalue weighted by atomic mass is 9.82. The van der Waals surface area contributed by atoms with Gasteiger partial charge < -0.3 is 9.47 Å². The molecule has 0 saturated carbocycles. The number of benzene rings is 1. The maximum atomic E-state index is 13.4. The fourth-order valence-corrected chi connectivity index (χ4v) is 6.06. The number of rotatable bonds is 2. The van der Waals surface area contributed by atoms with E-state index in [0.29, 0.717) is 25.3 Å². The smallest absolute Gasteiger partial charge is 0.274 e. The third-order valence-corrected chi connectivity index (χ3v) is 7.51. The molecule has 1 aromatic carbocycles. The van der Waals surface area contributed by atoms with Crippen LogP contribution in [0, 0.1) is 5.92 Å². The van der Waals surface area contributed by atoms with Crippen molar-refractivity contribution in [1.82, 2.24) is 19.4 Å². The number of fused-ring (bicyclic) bond motifs is 5. The van der Waals surface area contributed by atoms with Crippen LogP contribution < -0.4 is 5.56 Å². The fraction of sp³-hybridized carbons (Fsp3) is 0.250. The molecule has 2 aliphatic rings. The maximum Gasteiger partial charge on any atom is 0.274 e. The molecule has 0 unspecified atom stereocenters. The number of carbonyl (C=O) groups is 1. The molecule has 2 bridgehead atoms. The molecule has 0 N–H and O–H groups in total. The van der Waals surface area contributed by atoms with Gasteiger partial charge in [0, 0.05) is 53.2 Å². The van der Waals surface area contributed by atoms with Gasteiger partial charge in [-0.15, -0.1) is 11.3 Å². The molecule has 7 heteroatoms. The van der Waals surface area contributed by atoms with Crippen molar-refractivity contribution < 1.29 is 4.79 Å². The molecular weight excluding hydrogens is 408 g/mol. The predicted molar refractivity (Wildman–Crippen MR) is 120 cm³/mol. The van der Waals surface area contributed by atoms with Crippen molar-refractivity contribution in [3.05, 3.63) is 82.8 Å². The highest BCUT2D eigenvalue weighted by atomic mass is 32.1. The van der Waals surface area contributed by atoms with E-state index in [0.717, 1.165) is 22.6 Å². The zero-order valence-corrected chi connectivity index (χ0v) is 17.6. The fourth-order valence-electron chi connectivity index (χ4n) is 4.99. The van der Waals surface area contributed by atoms with Gasteiger partial charge in [-0.05, 0) is 42.0 Å². The van der Waals surface area contributed by atoms with Crippen molar-refractivity contribution in [2.24, 2.45) is 5.92 Å².